The summed E-state index contributed by atoms with van der Waals surface area (Å²) in [7, 11) is 0. The maximum atomic E-state index is 13.3. The van der Waals surface area contributed by atoms with Gasteiger partial charge in [0, 0.05) is 35.8 Å². The van der Waals surface area contributed by atoms with E-state index in [1.165, 1.54) is 0 Å². The summed E-state index contributed by atoms with van der Waals surface area (Å²) in [5, 5.41) is 0.875. The van der Waals surface area contributed by atoms with Gasteiger partial charge in [0.2, 0.25) is 5.43 Å². The Labute approximate surface area is 235 Å². The Hall–Kier alpha value is -3.55. The average molecular weight is 549 g/mol. The highest BCUT2D eigenvalue weighted by Gasteiger charge is 2.30. The van der Waals surface area contributed by atoms with Crippen LogP contribution in [0.4, 0.5) is 0 Å². The minimum absolute atomic E-state index is 0.0381. The van der Waals surface area contributed by atoms with Gasteiger partial charge >= 0.3 is 0 Å². The van der Waals surface area contributed by atoms with Crippen LogP contribution in [-0.4, -0.2) is 59.0 Å². The summed E-state index contributed by atoms with van der Waals surface area (Å²) in [6.07, 6.45) is 6.26. The number of benzene rings is 2. The number of fused-ring (bicyclic) bond motifs is 2. The monoisotopic (exact) mass is 548 g/mol. The lowest BCUT2D eigenvalue weighted by Crippen LogP contribution is -2.49. The Morgan fingerprint density at radius 1 is 0.800 bits per heavy atom. The van der Waals surface area contributed by atoms with Crippen molar-refractivity contribution < 1.29 is 23.5 Å². The molecule has 3 aromatic rings. The van der Waals surface area contributed by atoms with Gasteiger partial charge < -0.3 is 23.7 Å². The minimum atomic E-state index is -0.156. The second-order valence-corrected chi connectivity index (χ2v) is 11.6. The Morgan fingerprint density at radius 3 is 1.90 bits per heavy atom. The number of carbonyl (C=O) groups excluding carboxylic acids is 2. The minimum Gasteiger partial charge on any atom is -0.484 e. The van der Waals surface area contributed by atoms with Gasteiger partial charge in [0.05, 0.1) is 10.8 Å². The molecule has 3 heterocycles. The van der Waals surface area contributed by atoms with Crippen molar-refractivity contribution in [2.75, 3.05) is 13.2 Å². The van der Waals surface area contributed by atoms with Crippen LogP contribution in [0, 0.1) is 6.92 Å². The number of hydrogen-bond acceptors (Lipinski definition) is 6. The Morgan fingerprint density at radius 2 is 1.32 bits per heavy atom. The molecule has 0 aliphatic carbocycles. The number of hydrogen-bond donors (Lipinski definition) is 0. The zero-order chi connectivity index (χ0) is 28.6. The first-order valence-electron chi connectivity index (χ1n) is 14.5. The molecule has 214 valence electrons. The van der Waals surface area contributed by atoms with Gasteiger partial charge in [-0.1, -0.05) is 0 Å². The van der Waals surface area contributed by atoms with Crippen LogP contribution in [0.1, 0.15) is 71.8 Å². The highest BCUT2D eigenvalue weighted by molar-refractivity contribution is 5.92. The van der Waals surface area contributed by atoms with Gasteiger partial charge in [0.1, 0.15) is 22.7 Å². The van der Waals surface area contributed by atoms with E-state index < -0.39 is 0 Å². The first-order valence-corrected chi connectivity index (χ1v) is 14.5. The molecule has 2 saturated heterocycles. The second-order valence-electron chi connectivity index (χ2n) is 11.6. The molecule has 0 radical (unpaired) electrons. The lowest BCUT2D eigenvalue weighted by molar-refractivity contribution is -0.140. The fourth-order valence-electron chi connectivity index (χ4n) is 6.52. The van der Waals surface area contributed by atoms with Crippen molar-refractivity contribution in [3.63, 3.8) is 0 Å². The summed E-state index contributed by atoms with van der Waals surface area (Å²) >= 11 is 0. The van der Waals surface area contributed by atoms with Crippen LogP contribution in [0.15, 0.2) is 39.5 Å². The van der Waals surface area contributed by atoms with Crippen molar-refractivity contribution in [2.45, 2.75) is 97.3 Å². The third-order valence-corrected chi connectivity index (χ3v) is 8.69. The number of carbonyl (C=O) groups is 2. The van der Waals surface area contributed by atoms with E-state index in [2.05, 4.69) is 27.7 Å². The number of likely N-dealkylation sites (tertiary alicyclic amines) is 2. The molecular formula is C32H40N2O6. The highest BCUT2D eigenvalue weighted by Crippen LogP contribution is 2.31. The molecule has 0 N–H and O–H groups in total. The predicted octanol–water partition coefficient (Wildman–Crippen LogP) is 5.59. The van der Waals surface area contributed by atoms with Gasteiger partial charge in [-0.25, -0.2) is 0 Å². The summed E-state index contributed by atoms with van der Waals surface area (Å²) in [5.41, 5.74) is 1.27. The molecule has 4 unspecified atom stereocenters. The Kier molecular flexibility index (Phi) is 8.06. The number of piperidine rings is 2. The van der Waals surface area contributed by atoms with Gasteiger partial charge in [-0.2, -0.15) is 0 Å². The van der Waals surface area contributed by atoms with Crippen molar-refractivity contribution in [1.29, 1.82) is 0 Å². The molecule has 2 aliphatic heterocycles. The van der Waals surface area contributed by atoms with Gasteiger partial charge in [-0.15, -0.1) is 0 Å². The highest BCUT2D eigenvalue weighted by atomic mass is 16.5. The summed E-state index contributed by atoms with van der Waals surface area (Å²) in [4.78, 5) is 43.0. The van der Waals surface area contributed by atoms with E-state index in [1.807, 2.05) is 16.7 Å². The molecule has 2 aromatic carbocycles. The van der Waals surface area contributed by atoms with E-state index in [4.69, 9.17) is 13.9 Å². The molecular weight excluding hydrogens is 508 g/mol. The molecule has 0 spiro atoms. The first kappa shape index (κ1) is 28.0. The smallest absolute Gasteiger partial charge is 0.260 e. The summed E-state index contributed by atoms with van der Waals surface area (Å²) in [6.45, 7) is 10.00. The van der Waals surface area contributed by atoms with E-state index in [1.54, 1.807) is 30.3 Å². The quantitative estimate of drug-likeness (QED) is 0.373. The van der Waals surface area contributed by atoms with E-state index in [0.717, 1.165) is 38.5 Å². The lowest BCUT2D eigenvalue weighted by Gasteiger charge is -2.39. The molecule has 2 aliphatic rings. The average Bonchev–Trinajstić information content (AvgIpc) is 2.91. The first-order chi connectivity index (χ1) is 19.2. The van der Waals surface area contributed by atoms with Gasteiger partial charge in [-0.3, -0.25) is 14.4 Å². The van der Waals surface area contributed by atoms with Crippen LogP contribution >= 0.6 is 0 Å². The number of ether oxygens (including phenoxy) is 2. The van der Waals surface area contributed by atoms with Crippen molar-refractivity contribution in [2.24, 2.45) is 0 Å². The molecule has 8 nitrogen and oxygen atoms in total. The van der Waals surface area contributed by atoms with Crippen LogP contribution in [0.25, 0.3) is 21.9 Å². The van der Waals surface area contributed by atoms with Crippen LogP contribution in [0.2, 0.25) is 0 Å². The number of nitrogens with zero attached hydrogens (tertiary/aromatic N) is 2. The molecule has 0 saturated carbocycles. The van der Waals surface area contributed by atoms with Crippen LogP contribution < -0.4 is 14.9 Å². The number of aryl methyl sites for hydroxylation is 1. The van der Waals surface area contributed by atoms with E-state index in [0.29, 0.717) is 39.0 Å². The van der Waals surface area contributed by atoms with Gasteiger partial charge in [0.15, 0.2) is 13.2 Å². The maximum absolute atomic E-state index is 13.3. The topological polar surface area (TPSA) is 89.3 Å². The zero-order valence-corrected chi connectivity index (χ0v) is 24.2. The number of amides is 2. The Balaban J connectivity index is 1.35. The van der Waals surface area contributed by atoms with E-state index in [9.17, 15) is 14.4 Å². The predicted molar refractivity (Wildman–Crippen MR) is 155 cm³/mol. The molecule has 40 heavy (non-hydrogen) atoms. The third kappa shape index (κ3) is 5.40. The lowest BCUT2D eigenvalue weighted by atomic mass is 9.97. The van der Waals surface area contributed by atoms with Crippen molar-refractivity contribution in [3.8, 4) is 11.5 Å². The number of rotatable bonds is 6. The standard InChI is InChI=1S/C32H40N2O6/c1-19-8-6-9-20(2)33(19)29(35)17-38-24-12-13-25-28(16-24)40-32-23(5)27(15-14-26(32)31(25)37)39-18-30(36)34-21(3)10-7-11-22(34)4/h12-16,19-22H,6-11,17-18H2,1-5H3. The second kappa shape index (κ2) is 11.5. The summed E-state index contributed by atoms with van der Waals surface area (Å²) in [6, 6.07) is 9.21. The largest absolute Gasteiger partial charge is 0.484 e. The van der Waals surface area contributed by atoms with Crippen LogP contribution in [0.5, 0.6) is 11.5 Å². The van der Waals surface area contributed by atoms with Gasteiger partial charge in [0.25, 0.3) is 11.8 Å². The third-order valence-electron chi connectivity index (χ3n) is 8.69. The maximum Gasteiger partial charge on any atom is 0.260 e. The molecule has 4 atom stereocenters. The van der Waals surface area contributed by atoms with Crippen LogP contribution in [0.3, 0.4) is 0 Å². The molecule has 2 fully saturated rings. The summed E-state index contributed by atoms with van der Waals surface area (Å²) < 4.78 is 18.0. The molecule has 1 aromatic heterocycles. The SMILES string of the molecule is Cc1c(OCC(=O)N2C(C)CCCC2C)ccc2c(=O)c3ccc(OCC(=O)N4C(C)CCCC4C)cc3oc12. The fraction of sp³-hybridized carbons (Fsp3) is 0.531. The summed E-state index contributed by atoms with van der Waals surface area (Å²) in [5.74, 6) is 0.883. The van der Waals surface area contributed by atoms with E-state index in [-0.39, 0.29) is 54.6 Å². The normalized spacial score (nSPS) is 23.4. The molecule has 2 amide bonds. The molecule has 8 heteroatoms. The Bertz CT molecular complexity index is 1460. The zero-order valence-electron chi connectivity index (χ0n) is 24.2. The van der Waals surface area contributed by atoms with Crippen molar-refractivity contribution in [3.05, 3.63) is 46.1 Å². The molecule has 0 bridgehead atoms. The van der Waals surface area contributed by atoms with Crippen molar-refractivity contribution in [1.82, 2.24) is 9.80 Å². The molecule has 5 rings (SSSR count). The van der Waals surface area contributed by atoms with Crippen LogP contribution in [-0.2, 0) is 9.59 Å². The fourth-order valence-corrected chi connectivity index (χ4v) is 6.52. The van der Waals surface area contributed by atoms with Crippen molar-refractivity contribution >= 4 is 33.8 Å². The van der Waals surface area contributed by atoms with E-state index >= 15 is 0 Å². The van der Waals surface area contributed by atoms with Gasteiger partial charge in [-0.05, 0) is 97.4 Å².